The monoisotopic (exact) mass is 314 g/mol. The van der Waals surface area contributed by atoms with Gasteiger partial charge in [0, 0.05) is 6.07 Å². The molecule has 0 radical (unpaired) electrons. The number of hydrogen-bond acceptors (Lipinski definition) is 5. The fraction of sp³-hybridized carbons (Fsp3) is 0.267. The van der Waals surface area contributed by atoms with Crippen LogP contribution in [0.5, 0.6) is 5.75 Å². The second-order valence-electron chi connectivity index (χ2n) is 5.84. The molecule has 8 nitrogen and oxygen atoms in total. The third kappa shape index (κ3) is 1.95. The number of rotatable bonds is 1. The molecule has 0 unspecified atom stereocenters. The first-order valence-corrected chi connectivity index (χ1v) is 7.27. The molecule has 1 aliphatic heterocycles. The molecule has 1 saturated carbocycles. The SMILES string of the molecule is Cc1cc[n+]([O-])c2c1NC(=O)c1cc(O)c[n+]([O-])c1N2C1CC1. The van der Waals surface area contributed by atoms with Gasteiger partial charge in [-0.3, -0.25) is 4.79 Å². The van der Waals surface area contributed by atoms with E-state index >= 15 is 0 Å². The second-order valence-corrected chi connectivity index (χ2v) is 5.84. The van der Waals surface area contributed by atoms with E-state index < -0.39 is 5.91 Å². The molecule has 2 N–H and O–H groups in total. The van der Waals surface area contributed by atoms with Crippen LogP contribution in [-0.4, -0.2) is 17.1 Å². The number of aromatic nitrogens is 2. The molecule has 2 aliphatic rings. The van der Waals surface area contributed by atoms with Gasteiger partial charge in [0.2, 0.25) is 0 Å². The molecule has 1 aliphatic carbocycles. The van der Waals surface area contributed by atoms with E-state index in [1.165, 1.54) is 12.3 Å². The van der Waals surface area contributed by atoms with Gasteiger partial charge < -0.3 is 20.8 Å². The number of nitrogens with zero attached hydrogens (tertiary/aromatic N) is 3. The maximum absolute atomic E-state index is 12.5. The van der Waals surface area contributed by atoms with E-state index in [9.17, 15) is 20.3 Å². The Bertz CT molecular complexity index is 848. The van der Waals surface area contributed by atoms with Crippen molar-refractivity contribution in [1.82, 2.24) is 0 Å². The first-order chi connectivity index (χ1) is 11.0. The van der Waals surface area contributed by atoms with Crippen LogP contribution in [0, 0.1) is 17.3 Å². The van der Waals surface area contributed by atoms with Gasteiger partial charge >= 0.3 is 11.6 Å². The van der Waals surface area contributed by atoms with Gasteiger partial charge in [0.25, 0.3) is 5.91 Å². The highest BCUT2D eigenvalue weighted by Gasteiger charge is 2.46. The molecule has 8 heteroatoms. The van der Waals surface area contributed by atoms with Crippen LogP contribution in [0.25, 0.3) is 0 Å². The molecule has 2 aromatic rings. The Morgan fingerprint density at radius 1 is 1.30 bits per heavy atom. The van der Waals surface area contributed by atoms with E-state index in [2.05, 4.69) is 5.32 Å². The van der Waals surface area contributed by atoms with E-state index in [4.69, 9.17) is 0 Å². The lowest BCUT2D eigenvalue weighted by Crippen LogP contribution is -2.43. The molecule has 2 aromatic heterocycles. The summed E-state index contributed by atoms with van der Waals surface area (Å²) >= 11 is 0. The van der Waals surface area contributed by atoms with Crippen molar-refractivity contribution >= 4 is 23.2 Å². The Labute approximate surface area is 131 Å². The molecule has 0 bridgehead atoms. The minimum atomic E-state index is -0.529. The smallest absolute Gasteiger partial charge is 0.312 e. The van der Waals surface area contributed by atoms with Crippen molar-refractivity contribution in [1.29, 1.82) is 0 Å². The van der Waals surface area contributed by atoms with Gasteiger partial charge in [-0.05, 0) is 31.4 Å². The minimum absolute atomic E-state index is 0.0213. The summed E-state index contributed by atoms with van der Waals surface area (Å²) in [4.78, 5) is 14.1. The molecule has 1 fully saturated rings. The Morgan fingerprint density at radius 3 is 2.74 bits per heavy atom. The molecular formula is C15H14N4O4. The fourth-order valence-corrected chi connectivity index (χ4v) is 2.91. The molecule has 4 rings (SSSR count). The first-order valence-electron chi connectivity index (χ1n) is 7.27. The number of pyridine rings is 2. The predicted octanol–water partition coefficient (Wildman–Crippen LogP) is 0.834. The highest BCUT2D eigenvalue weighted by atomic mass is 16.5. The second kappa shape index (κ2) is 4.48. The topological polar surface area (TPSA) is 106 Å². The molecule has 0 saturated heterocycles. The molecule has 3 heterocycles. The maximum atomic E-state index is 12.5. The zero-order valence-corrected chi connectivity index (χ0v) is 12.3. The van der Waals surface area contributed by atoms with E-state index in [-0.39, 0.29) is 29.0 Å². The number of amides is 1. The van der Waals surface area contributed by atoms with Gasteiger partial charge in [0.05, 0.1) is 6.20 Å². The van der Waals surface area contributed by atoms with E-state index in [1.54, 1.807) is 17.9 Å². The average molecular weight is 314 g/mol. The molecule has 23 heavy (non-hydrogen) atoms. The Kier molecular flexibility index (Phi) is 2.65. The maximum Gasteiger partial charge on any atom is 0.312 e. The van der Waals surface area contributed by atoms with Crippen molar-refractivity contribution < 1.29 is 19.4 Å². The van der Waals surface area contributed by atoms with Crippen LogP contribution in [0.3, 0.4) is 0 Å². The van der Waals surface area contributed by atoms with E-state index in [0.29, 0.717) is 15.1 Å². The molecule has 0 atom stereocenters. The fourth-order valence-electron chi connectivity index (χ4n) is 2.91. The lowest BCUT2D eigenvalue weighted by atomic mass is 10.2. The van der Waals surface area contributed by atoms with Crippen LogP contribution in [-0.2, 0) is 0 Å². The van der Waals surface area contributed by atoms with Gasteiger partial charge in [-0.25, -0.2) is 9.46 Å². The minimum Gasteiger partial charge on any atom is -0.711 e. The third-order valence-electron chi connectivity index (χ3n) is 4.13. The van der Waals surface area contributed by atoms with Crippen molar-refractivity contribution in [2.75, 3.05) is 10.2 Å². The quantitative estimate of drug-likeness (QED) is 0.599. The van der Waals surface area contributed by atoms with Crippen LogP contribution in [0.1, 0.15) is 28.8 Å². The largest absolute Gasteiger partial charge is 0.711 e. The summed E-state index contributed by atoms with van der Waals surface area (Å²) in [6.07, 6.45) is 3.98. The first kappa shape index (κ1) is 13.6. The van der Waals surface area contributed by atoms with Gasteiger partial charge in [0.15, 0.2) is 5.75 Å². The number of carbonyl (C=O) groups excluding carboxylic acids is 1. The van der Waals surface area contributed by atoms with Crippen LogP contribution >= 0.6 is 0 Å². The van der Waals surface area contributed by atoms with E-state index in [0.717, 1.165) is 24.6 Å². The average Bonchev–Trinajstić information content (AvgIpc) is 3.31. The molecule has 1 amide bonds. The highest BCUT2D eigenvalue weighted by molar-refractivity contribution is 6.11. The van der Waals surface area contributed by atoms with Gasteiger partial charge in [0.1, 0.15) is 23.5 Å². The summed E-state index contributed by atoms with van der Waals surface area (Å²) < 4.78 is 1.10. The van der Waals surface area contributed by atoms with Crippen LogP contribution in [0.15, 0.2) is 24.5 Å². The Balaban J connectivity index is 2.07. The summed E-state index contributed by atoms with van der Waals surface area (Å²) in [5.74, 6) is -0.534. The van der Waals surface area contributed by atoms with Crippen molar-refractivity contribution in [3.05, 3.63) is 46.1 Å². The summed E-state index contributed by atoms with van der Waals surface area (Å²) in [5.41, 5.74) is 1.15. The number of nitrogens with one attached hydrogen (secondary N) is 1. The Morgan fingerprint density at radius 2 is 2.04 bits per heavy atom. The van der Waals surface area contributed by atoms with Gasteiger partial charge in [-0.15, -0.1) is 0 Å². The molecular weight excluding hydrogens is 300 g/mol. The third-order valence-corrected chi connectivity index (χ3v) is 4.13. The number of aromatic hydroxyl groups is 1. The normalized spacial score (nSPS) is 16.4. The zero-order chi connectivity index (χ0) is 16.3. The standard InChI is InChI=1S/C15H14N4O4/c1-8-4-5-17(22)15-12(8)16-13(21)11-6-10(20)7-18(23)14(11)19(15)9-2-3-9/h4-7,9,20H,2-3H2,1H3,(H,16,21). The van der Waals surface area contributed by atoms with Crippen LogP contribution < -0.4 is 19.7 Å². The van der Waals surface area contributed by atoms with Gasteiger partial charge in [-0.1, -0.05) is 0 Å². The summed E-state index contributed by atoms with van der Waals surface area (Å²) in [7, 11) is 0. The molecule has 0 spiro atoms. The van der Waals surface area contributed by atoms with Crippen LogP contribution in [0.4, 0.5) is 17.3 Å². The number of aryl methyl sites for hydroxylation is 1. The molecule has 0 aromatic carbocycles. The lowest BCUT2D eigenvalue weighted by Gasteiger charge is -2.22. The number of hydrogen-bond donors (Lipinski definition) is 2. The lowest BCUT2D eigenvalue weighted by molar-refractivity contribution is -0.602. The Hall–Kier alpha value is -3.03. The van der Waals surface area contributed by atoms with Crippen molar-refractivity contribution in [3.8, 4) is 5.75 Å². The van der Waals surface area contributed by atoms with E-state index in [1.807, 2.05) is 0 Å². The van der Waals surface area contributed by atoms with Crippen molar-refractivity contribution in [2.45, 2.75) is 25.8 Å². The number of fused-ring (bicyclic) bond motifs is 2. The van der Waals surface area contributed by atoms with Crippen LogP contribution in [0.2, 0.25) is 0 Å². The summed E-state index contributed by atoms with van der Waals surface area (Å²) in [6, 6.07) is 2.83. The predicted molar refractivity (Wildman–Crippen MR) is 80.3 cm³/mol. The summed E-state index contributed by atoms with van der Waals surface area (Å²) in [6.45, 7) is 1.78. The van der Waals surface area contributed by atoms with Gasteiger partial charge in [-0.2, -0.15) is 4.90 Å². The number of carbonyl (C=O) groups is 1. The number of anilines is 3. The zero-order valence-electron chi connectivity index (χ0n) is 12.3. The highest BCUT2D eigenvalue weighted by Crippen LogP contribution is 2.43. The summed E-state index contributed by atoms with van der Waals surface area (Å²) in [5, 5.41) is 37.1. The van der Waals surface area contributed by atoms with Crippen molar-refractivity contribution in [3.63, 3.8) is 0 Å². The van der Waals surface area contributed by atoms with Crippen molar-refractivity contribution in [2.24, 2.45) is 0 Å². The molecule has 118 valence electrons.